The maximum absolute atomic E-state index is 12.8. The van der Waals surface area contributed by atoms with Gasteiger partial charge in [-0.2, -0.15) is 0 Å². The minimum atomic E-state index is -0.127. The molecule has 1 aromatic carbocycles. The molecule has 9 nitrogen and oxygen atoms in total. The molecule has 4 heterocycles. The summed E-state index contributed by atoms with van der Waals surface area (Å²) >= 11 is 0. The van der Waals surface area contributed by atoms with Crippen LogP contribution >= 0.6 is 0 Å². The number of anilines is 2. The number of amides is 3. The van der Waals surface area contributed by atoms with E-state index in [4.69, 9.17) is 0 Å². The number of aromatic nitrogens is 2. The van der Waals surface area contributed by atoms with Crippen LogP contribution < -0.4 is 10.2 Å². The standard InChI is InChI=1S/C27H33N7O2/c1-31-14-16-33(17-15-31)19-25(35)32(2)22-7-5-21(6-8-22)30-27(36)34-12-9-20(10-13-34)24-18-29-26-23(24)4-3-11-28-26/h3-9,11,18H,10,12-17,19H2,1-2H3,(H,28,29)(H,30,36). The molecule has 3 aromatic rings. The van der Waals surface area contributed by atoms with Crippen LogP contribution in [0, 0.1) is 0 Å². The Labute approximate surface area is 211 Å². The van der Waals surface area contributed by atoms with Crippen LogP contribution in [0.2, 0.25) is 0 Å². The molecule has 2 aliphatic rings. The molecular formula is C27H33N7O2. The topological polar surface area (TPSA) is 87.8 Å². The minimum Gasteiger partial charge on any atom is -0.346 e. The van der Waals surface area contributed by atoms with Gasteiger partial charge in [0, 0.05) is 81.0 Å². The van der Waals surface area contributed by atoms with Crippen molar-refractivity contribution in [3.63, 3.8) is 0 Å². The van der Waals surface area contributed by atoms with Crippen molar-refractivity contribution in [3.8, 4) is 0 Å². The minimum absolute atomic E-state index is 0.0678. The molecule has 0 bridgehead atoms. The molecule has 9 heteroatoms. The van der Waals surface area contributed by atoms with Gasteiger partial charge in [0.1, 0.15) is 5.65 Å². The predicted octanol–water partition coefficient (Wildman–Crippen LogP) is 3.09. The van der Waals surface area contributed by atoms with Crippen LogP contribution in [0.3, 0.4) is 0 Å². The third kappa shape index (κ3) is 5.27. The number of rotatable bonds is 5. The average molecular weight is 488 g/mol. The lowest BCUT2D eigenvalue weighted by Gasteiger charge is -2.32. The van der Waals surface area contributed by atoms with E-state index in [1.165, 1.54) is 5.57 Å². The number of nitrogens with zero attached hydrogens (tertiary/aromatic N) is 5. The smallest absolute Gasteiger partial charge is 0.322 e. The van der Waals surface area contributed by atoms with Crippen LogP contribution in [0.15, 0.2) is 54.9 Å². The number of pyridine rings is 1. The largest absolute Gasteiger partial charge is 0.346 e. The van der Waals surface area contributed by atoms with Crippen molar-refractivity contribution in [2.24, 2.45) is 0 Å². The molecule has 0 aliphatic carbocycles. The van der Waals surface area contributed by atoms with Crippen molar-refractivity contribution >= 4 is 39.9 Å². The lowest BCUT2D eigenvalue weighted by molar-refractivity contribution is -0.119. The number of H-pyrrole nitrogens is 1. The normalized spacial score (nSPS) is 17.2. The fourth-order valence-corrected chi connectivity index (χ4v) is 4.74. The maximum Gasteiger partial charge on any atom is 0.322 e. The summed E-state index contributed by atoms with van der Waals surface area (Å²) in [5.74, 6) is 0.0678. The molecule has 2 N–H and O–H groups in total. The molecule has 0 spiro atoms. The monoisotopic (exact) mass is 487 g/mol. The summed E-state index contributed by atoms with van der Waals surface area (Å²) in [4.78, 5) is 41.1. The Morgan fingerprint density at radius 2 is 1.86 bits per heavy atom. The van der Waals surface area contributed by atoms with Gasteiger partial charge in [-0.1, -0.05) is 6.08 Å². The van der Waals surface area contributed by atoms with E-state index in [2.05, 4.69) is 44.3 Å². The summed E-state index contributed by atoms with van der Waals surface area (Å²) in [7, 11) is 3.90. The average Bonchev–Trinajstić information content (AvgIpc) is 3.34. The third-order valence-corrected chi connectivity index (χ3v) is 7.13. The number of hydrogen-bond donors (Lipinski definition) is 2. The first kappa shape index (κ1) is 24.0. The van der Waals surface area contributed by atoms with Gasteiger partial charge in [-0.25, -0.2) is 9.78 Å². The zero-order chi connectivity index (χ0) is 25.1. The van der Waals surface area contributed by atoms with Gasteiger partial charge in [-0.3, -0.25) is 9.69 Å². The second kappa shape index (κ2) is 10.5. The van der Waals surface area contributed by atoms with Gasteiger partial charge in [0.2, 0.25) is 5.91 Å². The second-order valence-corrected chi connectivity index (χ2v) is 9.54. The lowest BCUT2D eigenvalue weighted by atomic mass is 10.00. The molecule has 2 aromatic heterocycles. The summed E-state index contributed by atoms with van der Waals surface area (Å²) in [5.41, 5.74) is 4.78. The Balaban J connectivity index is 1.14. The molecule has 3 amide bonds. The first-order valence-electron chi connectivity index (χ1n) is 12.4. The number of fused-ring (bicyclic) bond motifs is 1. The second-order valence-electron chi connectivity index (χ2n) is 9.54. The molecule has 1 fully saturated rings. The van der Waals surface area contributed by atoms with Gasteiger partial charge in [-0.05, 0) is 55.4 Å². The van der Waals surface area contributed by atoms with Gasteiger partial charge in [-0.15, -0.1) is 0 Å². The van der Waals surface area contributed by atoms with Crippen molar-refractivity contribution in [1.82, 2.24) is 24.7 Å². The van der Waals surface area contributed by atoms with E-state index < -0.39 is 0 Å². The van der Waals surface area contributed by atoms with Gasteiger partial charge < -0.3 is 25.0 Å². The number of nitrogens with one attached hydrogen (secondary N) is 2. The zero-order valence-corrected chi connectivity index (χ0v) is 20.9. The molecule has 36 heavy (non-hydrogen) atoms. The van der Waals surface area contributed by atoms with E-state index >= 15 is 0 Å². The highest BCUT2D eigenvalue weighted by Crippen LogP contribution is 2.28. The molecular weight excluding hydrogens is 454 g/mol. The van der Waals surface area contributed by atoms with E-state index in [0.717, 1.165) is 54.9 Å². The summed E-state index contributed by atoms with van der Waals surface area (Å²) in [6.45, 7) is 5.41. The lowest BCUT2D eigenvalue weighted by Crippen LogP contribution is -2.48. The van der Waals surface area contributed by atoms with E-state index in [9.17, 15) is 9.59 Å². The molecule has 188 valence electrons. The fraction of sp³-hybridized carbons (Fsp3) is 0.370. The number of carbonyl (C=O) groups excluding carboxylic acids is 2. The van der Waals surface area contributed by atoms with Crippen LogP contribution in [0.1, 0.15) is 12.0 Å². The van der Waals surface area contributed by atoms with Crippen LogP contribution in [-0.2, 0) is 4.79 Å². The Bertz CT molecular complexity index is 1260. The number of likely N-dealkylation sites (N-methyl/N-ethyl adjacent to an activating group) is 2. The summed E-state index contributed by atoms with van der Waals surface area (Å²) in [6, 6.07) is 11.3. The molecule has 2 aliphatic heterocycles. The Morgan fingerprint density at radius 1 is 1.08 bits per heavy atom. The highest BCUT2D eigenvalue weighted by atomic mass is 16.2. The zero-order valence-electron chi connectivity index (χ0n) is 20.9. The first-order chi connectivity index (χ1) is 17.5. The van der Waals surface area contributed by atoms with Crippen LogP contribution in [-0.4, -0.2) is 96.5 Å². The predicted molar refractivity (Wildman–Crippen MR) is 143 cm³/mol. The molecule has 0 radical (unpaired) electrons. The third-order valence-electron chi connectivity index (χ3n) is 7.13. The Hall–Kier alpha value is -3.69. The van der Waals surface area contributed by atoms with Crippen molar-refractivity contribution in [3.05, 3.63) is 60.4 Å². The van der Waals surface area contributed by atoms with Crippen molar-refractivity contribution in [2.45, 2.75) is 6.42 Å². The van der Waals surface area contributed by atoms with Gasteiger partial charge in [0.25, 0.3) is 0 Å². The molecule has 1 saturated heterocycles. The number of benzene rings is 1. The number of urea groups is 1. The van der Waals surface area contributed by atoms with Crippen LogP contribution in [0.4, 0.5) is 16.2 Å². The molecule has 0 saturated carbocycles. The van der Waals surface area contributed by atoms with E-state index in [0.29, 0.717) is 25.3 Å². The number of piperazine rings is 1. The Morgan fingerprint density at radius 3 is 2.58 bits per heavy atom. The van der Waals surface area contributed by atoms with E-state index in [1.54, 1.807) is 23.0 Å². The quantitative estimate of drug-likeness (QED) is 0.578. The van der Waals surface area contributed by atoms with E-state index in [-0.39, 0.29) is 11.9 Å². The van der Waals surface area contributed by atoms with Gasteiger partial charge in [0.15, 0.2) is 0 Å². The number of hydrogen-bond acceptors (Lipinski definition) is 5. The van der Waals surface area contributed by atoms with Crippen molar-refractivity contribution in [2.75, 3.05) is 70.1 Å². The molecule has 0 atom stereocenters. The van der Waals surface area contributed by atoms with E-state index in [1.807, 2.05) is 36.5 Å². The van der Waals surface area contributed by atoms with Gasteiger partial charge >= 0.3 is 6.03 Å². The Kier molecular flexibility index (Phi) is 7.02. The summed E-state index contributed by atoms with van der Waals surface area (Å²) in [6.07, 6.45) is 6.67. The van der Waals surface area contributed by atoms with Crippen molar-refractivity contribution < 1.29 is 9.59 Å². The SMILES string of the molecule is CN1CCN(CC(=O)N(C)c2ccc(NC(=O)N3CC=C(c4c[nH]c5ncccc45)CC3)cc2)CC1. The highest BCUT2D eigenvalue weighted by molar-refractivity contribution is 5.95. The number of aromatic amines is 1. The molecule has 5 rings (SSSR count). The van der Waals surface area contributed by atoms with Crippen molar-refractivity contribution in [1.29, 1.82) is 0 Å². The maximum atomic E-state index is 12.8. The van der Waals surface area contributed by atoms with Gasteiger partial charge in [0.05, 0.1) is 6.54 Å². The summed E-state index contributed by atoms with van der Waals surface area (Å²) < 4.78 is 0. The van der Waals surface area contributed by atoms with Crippen LogP contribution in [0.5, 0.6) is 0 Å². The summed E-state index contributed by atoms with van der Waals surface area (Å²) in [5, 5.41) is 4.09. The number of carbonyl (C=O) groups is 2. The molecule has 0 unspecified atom stereocenters. The first-order valence-corrected chi connectivity index (χ1v) is 12.4. The van der Waals surface area contributed by atoms with Crippen LogP contribution in [0.25, 0.3) is 16.6 Å². The fourth-order valence-electron chi connectivity index (χ4n) is 4.74. The highest BCUT2D eigenvalue weighted by Gasteiger charge is 2.21.